The third kappa shape index (κ3) is 2.93. The number of carbonyl (C=O) groups excluding carboxylic acids is 1. The lowest BCUT2D eigenvalue weighted by molar-refractivity contribution is -0.132. The zero-order chi connectivity index (χ0) is 11.4. The Labute approximate surface area is 91.2 Å². The Morgan fingerprint density at radius 2 is 2.27 bits per heavy atom. The maximum absolute atomic E-state index is 11.8. The Morgan fingerprint density at radius 1 is 1.60 bits per heavy atom. The van der Waals surface area contributed by atoms with Crippen molar-refractivity contribution in [1.29, 1.82) is 5.26 Å². The Bertz CT molecular complexity index is 269. The van der Waals surface area contributed by atoms with Gasteiger partial charge in [-0.3, -0.25) is 4.79 Å². The minimum absolute atomic E-state index is 0.0419. The molecule has 0 bridgehead atoms. The largest absolute Gasteiger partial charge is 0.323 e. The molecule has 1 aliphatic heterocycles. The van der Waals surface area contributed by atoms with Crippen LogP contribution in [0.2, 0.25) is 0 Å². The molecule has 1 amide bonds. The van der Waals surface area contributed by atoms with E-state index in [2.05, 4.69) is 11.4 Å². The number of nitriles is 1. The number of rotatable bonds is 3. The molecule has 0 aromatic carbocycles. The van der Waals surface area contributed by atoms with E-state index in [1.807, 2.05) is 20.8 Å². The summed E-state index contributed by atoms with van der Waals surface area (Å²) in [5, 5.41) is 12.0. The Hall–Kier alpha value is -1.08. The number of hydrogen-bond acceptors (Lipinski definition) is 3. The number of carbonyl (C=O) groups is 1. The summed E-state index contributed by atoms with van der Waals surface area (Å²) in [6.07, 6.45) is 1.75. The first kappa shape index (κ1) is 12.0. The lowest BCUT2D eigenvalue weighted by atomic mass is 10.2. The molecule has 15 heavy (non-hydrogen) atoms. The van der Waals surface area contributed by atoms with Gasteiger partial charge in [-0.1, -0.05) is 13.8 Å². The summed E-state index contributed by atoms with van der Waals surface area (Å²) in [7, 11) is 0. The average Bonchev–Trinajstić information content (AvgIpc) is 2.56. The maximum atomic E-state index is 11.8. The van der Waals surface area contributed by atoms with Gasteiger partial charge in [-0.15, -0.1) is 0 Å². The van der Waals surface area contributed by atoms with Gasteiger partial charge in [0, 0.05) is 12.1 Å². The van der Waals surface area contributed by atoms with Crippen molar-refractivity contribution in [3.8, 4) is 6.07 Å². The van der Waals surface area contributed by atoms with Crippen LogP contribution in [0, 0.1) is 11.3 Å². The minimum atomic E-state index is -0.221. The van der Waals surface area contributed by atoms with Crippen LogP contribution in [-0.2, 0) is 4.79 Å². The molecule has 4 heteroatoms. The molecule has 1 fully saturated rings. The molecule has 84 valence electrons. The van der Waals surface area contributed by atoms with E-state index >= 15 is 0 Å². The molecule has 1 N–H and O–H groups in total. The lowest BCUT2D eigenvalue weighted by Gasteiger charge is -2.25. The van der Waals surface area contributed by atoms with Crippen LogP contribution in [0.4, 0.5) is 0 Å². The van der Waals surface area contributed by atoms with Gasteiger partial charge in [0.25, 0.3) is 0 Å². The molecule has 2 atom stereocenters. The predicted molar refractivity (Wildman–Crippen MR) is 58.1 cm³/mol. The lowest BCUT2D eigenvalue weighted by Crippen LogP contribution is -2.45. The normalized spacial score (nSPS) is 25.7. The molecule has 1 rings (SSSR count). The van der Waals surface area contributed by atoms with E-state index in [9.17, 15) is 4.79 Å². The van der Waals surface area contributed by atoms with E-state index in [0.717, 1.165) is 12.8 Å². The molecule has 0 aromatic rings. The molecule has 0 radical (unpaired) electrons. The molecule has 2 unspecified atom stereocenters. The Balaban J connectivity index is 2.53. The van der Waals surface area contributed by atoms with Crippen molar-refractivity contribution in [2.45, 2.75) is 51.7 Å². The van der Waals surface area contributed by atoms with Gasteiger partial charge in [0.15, 0.2) is 0 Å². The van der Waals surface area contributed by atoms with Crippen LogP contribution in [0.25, 0.3) is 0 Å². The van der Waals surface area contributed by atoms with Crippen molar-refractivity contribution < 1.29 is 4.79 Å². The van der Waals surface area contributed by atoms with Gasteiger partial charge in [-0.2, -0.15) is 5.26 Å². The van der Waals surface area contributed by atoms with Gasteiger partial charge in [0.05, 0.1) is 12.6 Å². The molecule has 0 aliphatic carbocycles. The summed E-state index contributed by atoms with van der Waals surface area (Å²) in [6, 6.07) is 2.47. The Kier molecular flexibility index (Phi) is 4.10. The van der Waals surface area contributed by atoms with Crippen LogP contribution < -0.4 is 5.32 Å². The van der Waals surface area contributed by atoms with E-state index in [-0.39, 0.29) is 18.0 Å². The van der Waals surface area contributed by atoms with Gasteiger partial charge in [-0.25, -0.2) is 0 Å². The fourth-order valence-electron chi connectivity index (χ4n) is 1.91. The molecular formula is C11H19N3O. The first-order chi connectivity index (χ1) is 7.06. The number of amides is 1. The molecule has 0 saturated carbocycles. The highest BCUT2D eigenvalue weighted by atomic mass is 16.2. The van der Waals surface area contributed by atoms with E-state index in [1.165, 1.54) is 0 Å². The second kappa shape index (κ2) is 5.13. The van der Waals surface area contributed by atoms with Crippen LogP contribution in [0.5, 0.6) is 0 Å². The number of hydrogen-bond donors (Lipinski definition) is 1. The van der Waals surface area contributed by atoms with E-state index in [1.54, 1.807) is 4.90 Å². The van der Waals surface area contributed by atoms with Crippen molar-refractivity contribution in [3.05, 3.63) is 0 Å². The summed E-state index contributed by atoms with van der Waals surface area (Å²) in [6.45, 7) is 6.34. The standard InChI is InChI=1S/C11H19N3O/c1-8(2)13-7-11(15)14-9(3)4-5-10(14)6-12/h8-10,13H,4-5,7H2,1-3H3. The topological polar surface area (TPSA) is 56.1 Å². The second-order valence-corrected chi connectivity index (χ2v) is 4.41. The molecule has 1 saturated heterocycles. The quantitative estimate of drug-likeness (QED) is 0.751. The number of nitrogens with zero attached hydrogens (tertiary/aromatic N) is 2. The van der Waals surface area contributed by atoms with Crippen LogP contribution in [0.3, 0.4) is 0 Å². The van der Waals surface area contributed by atoms with Crippen LogP contribution in [0.1, 0.15) is 33.6 Å². The van der Waals surface area contributed by atoms with E-state index in [4.69, 9.17) is 5.26 Å². The van der Waals surface area contributed by atoms with E-state index < -0.39 is 0 Å². The fraction of sp³-hybridized carbons (Fsp3) is 0.818. The Morgan fingerprint density at radius 3 is 2.80 bits per heavy atom. The predicted octanol–water partition coefficient (Wildman–Crippen LogP) is 0.887. The van der Waals surface area contributed by atoms with Crippen LogP contribution in [-0.4, -0.2) is 35.5 Å². The minimum Gasteiger partial charge on any atom is -0.323 e. The highest BCUT2D eigenvalue weighted by molar-refractivity contribution is 5.79. The first-order valence-electron chi connectivity index (χ1n) is 5.50. The van der Waals surface area contributed by atoms with Gasteiger partial charge in [0.1, 0.15) is 6.04 Å². The summed E-state index contributed by atoms with van der Waals surface area (Å²) in [5.41, 5.74) is 0. The van der Waals surface area contributed by atoms with Gasteiger partial charge >= 0.3 is 0 Å². The van der Waals surface area contributed by atoms with Crippen LogP contribution >= 0.6 is 0 Å². The monoisotopic (exact) mass is 209 g/mol. The number of likely N-dealkylation sites (tertiary alicyclic amines) is 1. The third-order valence-corrected chi connectivity index (χ3v) is 2.77. The van der Waals surface area contributed by atoms with Gasteiger partial charge < -0.3 is 10.2 Å². The SMILES string of the molecule is CC(C)NCC(=O)N1C(C)CCC1C#N. The van der Waals surface area contributed by atoms with Crippen molar-refractivity contribution >= 4 is 5.91 Å². The first-order valence-corrected chi connectivity index (χ1v) is 5.50. The van der Waals surface area contributed by atoms with Crippen molar-refractivity contribution in [2.24, 2.45) is 0 Å². The zero-order valence-corrected chi connectivity index (χ0v) is 9.66. The third-order valence-electron chi connectivity index (χ3n) is 2.77. The number of nitrogens with one attached hydrogen (secondary N) is 1. The molecule has 0 spiro atoms. The average molecular weight is 209 g/mol. The smallest absolute Gasteiger partial charge is 0.237 e. The summed E-state index contributed by atoms with van der Waals surface area (Å²) < 4.78 is 0. The molecule has 4 nitrogen and oxygen atoms in total. The zero-order valence-electron chi connectivity index (χ0n) is 9.66. The van der Waals surface area contributed by atoms with Gasteiger partial charge in [-0.05, 0) is 19.8 Å². The molecular weight excluding hydrogens is 190 g/mol. The second-order valence-electron chi connectivity index (χ2n) is 4.41. The highest BCUT2D eigenvalue weighted by Crippen LogP contribution is 2.23. The van der Waals surface area contributed by atoms with Crippen molar-refractivity contribution in [3.63, 3.8) is 0 Å². The van der Waals surface area contributed by atoms with Crippen molar-refractivity contribution in [1.82, 2.24) is 10.2 Å². The molecule has 1 aliphatic rings. The molecule has 1 heterocycles. The van der Waals surface area contributed by atoms with Gasteiger partial charge in [0.2, 0.25) is 5.91 Å². The van der Waals surface area contributed by atoms with Crippen LogP contribution in [0.15, 0.2) is 0 Å². The van der Waals surface area contributed by atoms with E-state index in [0.29, 0.717) is 12.6 Å². The summed E-state index contributed by atoms with van der Waals surface area (Å²) >= 11 is 0. The summed E-state index contributed by atoms with van der Waals surface area (Å²) in [4.78, 5) is 13.6. The maximum Gasteiger partial charge on any atom is 0.237 e. The highest BCUT2D eigenvalue weighted by Gasteiger charge is 2.33. The van der Waals surface area contributed by atoms with Crippen molar-refractivity contribution in [2.75, 3.05) is 6.54 Å². The summed E-state index contributed by atoms with van der Waals surface area (Å²) in [5.74, 6) is 0.0419. The molecule has 0 aromatic heterocycles. The fourth-order valence-corrected chi connectivity index (χ4v) is 1.91.